The summed E-state index contributed by atoms with van der Waals surface area (Å²) >= 11 is 0. The third-order valence-electron chi connectivity index (χ3n) is 3.40. The Morgan fingerprint density at radius 1 is 1.33 bits per heavy atom. The number of benzene rings is 1. The van der Waals surface area contributed by atoms with Crippen molar-refractivity contribution in [3.63, 3.8) is 0 Å². The molecule has 2 aromatic rings. The molecule has 0 aliphatic heterocycles. The van der Waals surface area contributed by atoms with Crippen LogP contribution < -0.4 is 0 Å². The van der Waals surface area contributed by atoms with E-state index in [0.29, 0.717) is 30.8 Å². The Labute approximate surface area is 123 Å². The Balaban J connectivity index is 2.26. The average molecular weight is 292 g/mol. The Morgan fingerprint density at radius 3 is 2.76 bits per heavy atom. The first-order valence-electron chi connectivity index (χ1n) is 7.03. The maximum absolute atomic E-state index is 13.5. The minimum Gasteiger partial charge on any atom is -0.396 e. The first kappa shape index (κ1) is 15.7. The molecule has 21 heavy (non-hydrogen) atoms. The van der Waals surface area contributed by atoms with E-state index in [0.717, 1.165) is 5.56 Å². The molecule has 114 valence electrons. The summed E-state index contributed by atoms with van der Waals surface area (Å²) in [5.74, 6) is 0.327. The summed E-state index contributed by atoms with van der Waals surface area (Å²) < 4.78 is 15.4. The topological polar surface area (TPSA) is 58.3 Å². The number of aliphatic hydroxyl groups excluding tert-OH is 1. The van der Waals surface area contributed by atoms with Crippen LogP contribution in [-0.4, -0.2) is 32.0 Å². The number of aryl methyl sites for hydroxylation is 1. The van der Waals surface area contributed by atoms with Gasteiger partial charge < -0.3 is 14.8 Å². The third-order valence-corrected chi connectivity index (χ3v) is 3.40. The van der Waals surface area contributed by atoms with Gasteiger partial charge in [-0.2, -0.15) is 0 Å². The van der Waals surface area contributed by atoms with E-state index >= 15 is 0 Å². The zero-order valence-corrected chi connectivity index (χ0v) is 12.4. The van der Waals surface area contributed by atoms with Gasteiger partial charge in [0.25, 0.3) is 0 Å². The maximum atomic E-state index is 13.5. The van der Waals surface area contributed by atoms with Gasteiger partial charge >= 0.3 is 0 Å². The zero-order chi connectivity index (χ0) is 15.5. The van der Waals surface area contributed by atoms with E-state index in [2.05, 4.69) is 4.98 Å². The molecule has 5 heteroatoms. The van der Waals surface area contributed by atoms with Gasteiger partial charge in [-0.15, -0.1) is 0 Å². The van der Waals surface area contributed by atoms with E-state index in [1.807, 2.05) is 17.6 Å². The molecule has 2 rings (SSSR count). The van der Waals surface area contributed by atoms with E-state index in [4.69, 9.17) is 5.11 Å². The number of nitrogens with zero attached hydrogens (tertiary/aromatic N) is 2. The fourth-order valence-corrected chi connectivity index (χ4v) is 2.47. The Bertz CT molecular complexity index is 588. The Hall–Kier alpha value is -1.72. The predicted octanol–water partition coefficient (Wildman–Crippen LogP) is 2.52. The number of aliphatic hydroxyl groups is 2. The Morgan fingerprint density at radius 2 is 2.10 bits per heavy atom. The largest absolute Gasteiger partial charge is 0.396 e. The van der Waals surface area contributed by atoms with Crippen LogP contribution in [0.2, 0.25) is 0 Å². The molecule has 0 aliphatic carbocycles. The molecular weight excluding hydrogens is 271 g/mol. The quantitative estimate of drug-likeness (QED) is 0.860. The highest BCUT2D eigenvalue weighted by atomic mass is 19.1. The summed E-state index contributed by atoms with van der Waals surface area (Å²) in [6.07, 6.45) is 4.43. The van der Waals surface area contributed by atoms with E-state index < -0.39 is 5.60 Å². The average Bonchev–Trinajstić information content (AvgIpc) is 2.82. The van der Waals surface area contributed by atoms with Gasteiger partial charge in [0.2, 0.25) is 0 Å². The van der Waals surface area contributed by atoms with Gasteiger partial charge in [-0.05, 0) is 50.5 Å². The zero-order valence-electron chi connectivity index (χ0n) is 12.4. The normalized spacial score (nSPS) is 14.1. The van der Waals surface area contributed by atoms with Crippen molar-refractivity contribution < 1.29 is 14.6 Å². The fourth-order valence-electron chi connectivity index (χ4n) is 2.47. The third kappa shape index (κ3) is 4.12. The molecule has 1 heterocycles. The highest BCUT2D eigenvalue weighted by Crippen LogP contribution is 2.23. The molecule has 1 aromatic heterocycles. The summed E-state index contributed by atoms with van der Waals surface area (Å²) in [6.45, 7) is 3.95. The molecule has 1 unspecified atom stereocenters. The molecule has 0 radical (unpaired) electrons. The molecule has 0 amide bonds. The molecular formula is C16H21FN2O2. The van der Waals surface area contributed by atoms with Gasteiger partial charge in [0.05, 0.1) is 12.1 Å². The monoisotopic (exact) mass is 292 g/mol. The van der Waals surface area contributed by atoms with Crippen LogP contribution >= 0.6 is 0 Å². The van der Waals surface area contributed by atoms with Crippen molar-refractivity contribution in [2.24, 2.45) is 0 Å². The number of hydrogen-bond donors (Lipinski definition) is 2. The van der Waals surface area contributed by atoms with Crippen LogP contribution in [0.25, 0.3) is 11.4 Å². The molecule has 0 spiro atoms. The van der Waals surface area contributed by atoms with Crippen LogP contribution in [0.5, 0.6) is 0 Å². The lowest BCUT2D eigenvalue weighted by Gasteiger charge is -2.24. The number of halogens is 1. The number of imidazole rings is 1. The lowest BCUT2D eigenvalue weighted by Crippen LogP contribution is -2.30. The number of rotatable bonds is 6. The van der Waals surface area contributed by atoms with Crippen molar-refractivity contribution >= 4 is 0 Å². The predicted molar refractivity (Wildman–Crippen MR) is 79.3 cm³/mol. The van der Waals surface area contributed by atoms with Crippen LogP contribution in [0.3, 0.4) is 0 Å². The number of aromatic nitrogens is 2. The lowest BCUT2D eigenvalue weighted by molar-refractivity contribution is 0.0271. The van der Waals surface area contributed by atoms with Crippen LogP contribution in [-0.2, 0) is 6.54 Å². The smallest absolute Gasteiger partial charge is 0.140 e. The van der Waals surface area contributed by atoms with Crippen LogP contribution in [0.15, 0.2) is 30.6 Å². The minimum atomic E-state index is -0.944. The molecule has 0 fully saturated rings. The minimum absolute atomic E-state index is 0.0516. The number of hydrogen-bond acceptors (Lipinski definition) is 3. The fraction of sp³-hybridized carbons (Fsp3) is 0.438. The van der Waals surface area contributed by atoms with Crippen LogP contribution in [0.4, 0.5) is 4.39 Å². The van der Waals surface area contributed by atoms with Crippen molar-refractivity contribution in [3.8, 4) is 11.4 Å². The van der Waals surface area contributed by atoms with Crippen molar-refractivity contribution in [1.82, 2.24) is 9.55 Å². The van der Waals surface area contributed by atoms with Crippen LogP contribution in [0.1, 0.15) is 25.3 Å². The Kier molecular flexibility index (Phi) is 4.75. The van der Waals surface area contributed by atoms with E-state index in [1.165, 1.54) is 12.1 Å². The van der Waals surface area contributed by atoms with Crippen molar-refractivity contribution in [1.29, 1.82) is 0 Å². The van der Waals surface area contributed by atoms with Gasteiger partial charge in [0.1, 0.15) is 11.6 Å². The first-order valence-corrected chi connectivity index (χ1v) is 7.03. The summed E-state index contributed by atoms with van der Waals surface area (Å²) in [7, 11) is 0. The molecule has 1 atom stereocenters. The molecule has 0 aliphatic rings. The summed E-state index contributed by atoms with van der Waals surface area (Å²) in [5, 5.41) is 19.2. The summed E-state index contributed by atoms with van der Waals surface area (Å²) in [4.78, 5) is 4.27. The van der Waals surface area contributed by atoms with E-state index in [-0.39, 0.29) is 12.4 Å². The van der Waals surface area contributed by atoms with Gasteiger partial charge in [0, 0.05) is 24.6 Å². The molecule has 2 N–H and O–H groups in total. The molecule has 0 bridgehead atoms. The van der Waals surface area contributed by atoms with Gasteiger partial charge in [0.15, 0.2) is 0 Å². The highest BCUT2D eigenvalue weighted by molar-refractivity contribution is 5.57. The summed E-state index contributed by atoms with van der Waals surface area (Å²) in [5.41, 5.74) is 0.572. The second-order valence-corrected chi connectivity index (χ2v) is 5.72. The SMILES string of the molecule is Cc1cc(F)cc(-c2nccn2CC(C)(O)CCCO)c1. The van der Waals surface area contributed by atoms with Crippen molar-refractivity contribution in [2.45, 2.75) is 38.8 Å². The molecule has 1 aromatic carbocycles. The van der Waals surface area contributed by atoms with Crippen LogP contribution in [0, 0.1) is 12.7 Å². The second-order valence-electron chi connectivity index (χ2n) is 5.72. The molecule has 0 saturated carbocycles. The van der Waals surface area contributed by atoms with Gasteiger partial charge in [-0.25, -0.2) is 9.37 Å². The standard InChI is InChI=1S/C16H21FN2O2/c1-12-8-13(10-14(17)9-12)15-18-5-6-19(15)11-16(2,21)4-3-7-20/h5-6,8-10,20-21H,3-4,7,11H2,1-2H3. The molecule has 0 saturated heterocycles. The van der Waals surface area contributed by atoms with E-state index in [1.54, 1.807) is 19.3 Å². The van der Waals surface area contributed by atoms with E-state index in [9.17, 15) is 9.50 Å². The van der Waals surface area contributed by atoms with Gasteiger partial charge in [-0.1, -0.05) is 0 Å². The molecule has 4 nitrogen and oxygen atoms in total. The maximum Gasteiger partial charge on any atom is 0.140 e. The summed E-state index contributed by atoms with van der Waals surface area (Å²) in [6, 6.07) is 4.77. The van der Waals surface area contributed by atoms with Gasteiger partial charge in [-0.3, -0.25) is 0 Å². The second kappa shape index (κ2) is 6.37. The van der Waals surface area contributed by atoms with Crippen molar-refractivity contribution in [3.05, 3.63) is 42.0 Å². The lowest BCUT2D eigenvalue weighted by atomic mass is 10.00. The van der Waals surface area contributed by atoms with Crippen molar-refractivity contribution in [2.75, 3.05) is 6.61 Å². The highest BCUT2D eigenvalue weighted by Gasteiger charge is 2.22. The first-order chi connectivity index (χ1) is 9.91.